The SMILES string of the molecule is COCCOCOCC(COC)OCOC. The van der Waals surface area contributed by atoms with E-state index in [0.717, 1.165) is 0 Å². The number of hydrogen-bond acceptors (Lipinski definition) is 6. The molecule has 6 nitrogen and oxygen atoms in total. The Labute approximate surface area is 96.7 Å². The van der Waals surface area contributed by atoms with Crippen molar-refractivity contribution in [3.05, 3.63) is 0 Å². The minimum atomic E-state index is -0.143. The van der Waals surface area contributed by atoms with Crippen LogP contribution >= 0.6 is 0 Å². The van der Waals surface area contributed by atoms with Gasteiger partial charge in [0.1, 0.15) is 19.7 Å². The van der Waals surface area contributed by atoms with E-state index in [1.807, 2.05) is 0 Å². The van der Waals surface area contributed by atoms with Gasteiger partial charge in [-0.05, 0) is 0 Å². The third-order valence-electron chi connectivity index (χ3n) is 1.68. The molecule has 0 fully saturated rings. The summed E-state index contributed by atoms with van der Waals surface area (Å²) < 4.78 is 30.3. The Morgan fingerprint density at radius 2 is 1.56 bits per heavy atom. The molecule has 0 bridgehead atoms. The fourth-order valence-electron chi connectivity index (χ4n) is 0.934. The van der Waals surface area contributed by atoms with Crippen LogP contribution in [0.25, 0.3) is 0 Å². The second kappa shape index (κ2) is 12.8. The molecule has 98 valence electrons. The Kier molecular flexibility index (Phi) is 12.6. The van der Waals surface area contributed by atoms with E-state index < -0.39 is 0 Å². The summed E-state index contributed by atoms with van der Waals surface area (Å²) in [6, 6.07) is 0. The van der Waals surface area contributed by atoms with Gasteiger partial charge in [-0.3, -0.25) is 0 Å². The Bertz CT molecular complexity index is 132. The number of ether oxygens (including phenoxy) is 6. The lowest BCUT2D eigenvalue weighted by atomic mass is 10.4. The topological polar surface area (TPSA) is 55.4 Å². The van der Waals surface area contributed by atoms with Crippen LogP contribution in [0.2, 0.25) is 0 Å². The molecule has 0 aromatic rings. The van der Waals surface area contributed by atoms with Crippen molar-refractivity contribution >= 4 is 0 Å². The van der Waals surface area contributed by atoms with E-state index in [4.69, 9.17) is 28.4 Å². The molecule has 0 radical (unpaired) electrons. The van der Waals surface area contributed by atoms with Gasteiger partial charge in [-0.15, -0.1) is 0 Å². The van der Waals surface area contributed by atoms with E-state index in [1.165, 1.54) is 0 Å². The van der Waals surface area contributed by atoms with Crippen molar-refractivity contribution < 1.29 is 28.4 Å². The molecule has 1 unspecified atom stereocenters. The molecule has 0 aliphatic heterocycles. The summed E-state index contributed by atoms with van der Waals surface area (Å²) in [6.45, 7) is 2.39. The summed E-state index contributed by atoms with van der Waals surface area (Å²) in [5, 5.41) is 0. The Hall–Kier alpha value is -0.240. The van der Waals surface area contributed by atoms with Crippen LogP contribution in [0.1, 0.15) is 0 Å². The predicted octanol–water partition coefficient (Wildman–Crippen LogP) is 0.259. The molecule has 0 amide bonds. The molecule has 0 rings (SSSR count). The first-order chi connectivity index (χ1) is 7.85. The minimum Gasteiger partial charge on any atom is -0.382 e. The van der Waals surface area contributed by atoms with Crippen LogP contribution in [0.5, 0.6) is 0 Å². The number of hydrogen-bond donors (Lipinski definition) is 0. The normalized spacial score (nSPS) is 12.9. The zero-order valence-electron chi connectivity index (χ0n) is 10.3. The maximum Gasteiger partial charge on any atom is 0.146 e. The molecule has 6 heteroatoms. The molecule has 0 heterocycles. The summed E-state index contributed by atoms with van der Waals surface area (Å²) in [7, 11) is 4.80. The van der Waals surface area contributed by atoms with E-state index in [9.17, 15) is 0 Å². The monoisotopic (exact) mass is 238 g/mol. The van der Waals surface area contributed by atoms with Crippen molar-refractivity contribution in [2.24, 2.45) is 0 Å². The molecule has 16 heavy (non-hydrogen) atoms. The third-order valence-corrected chi connectivity index (χ3v) is 1.68. The maximum atomic E-state index is 5.31. The largest absolute Gasteiger partial charge is 0.382 e. The molecular formula is C10H22O6. The average Bonchev–Trinajstić information content (AvgIpc) is 2.30. The van der Waals surface area contributed by atoms with E-state index in [0.29, 0.717) is 26.4 Å². The van der Waals surface area contributed by atoms with Gasteiger partial charge in [0, 0.05) is 21.3 Å². The van der Waals surface area contributed by atoms with Gasteiger partial charge in [-0.2, -0.15) is 0 Å². The third kappa shape index (κ3) is 10.3. The summed E-state index contributed by atoms with van der Waals surface area (Å²) in [4.78, 5) is 0. The highest BCUT2D eigenvalue weighted by Gasteiger charge is 2.08. The molecule has 0 saturated carbocycles. The smallest absolute Gasteiger partial charge is 0.146 e. The highest BCUT2D eigenvalue weighted by atomic mass is 16.7. The molecule has 0 aliphatic rings. The van der Waals surface area contributed by atoms with Crippen molar-refractivity contribution in [3.63, 3.8) is 0 Å². The lowest BCUT2D eigenvalue weighted by molar-refractivity contribution is -0.141. The standard InChI is InChI=1S/C10H22O6/c1-11-4-5-14-9-15-7-10(6-12-2)16-8-13-3/h10H,4-9H2,1-3H3. The van der Waals surface area contributed by atoms with Gasteiger partial charge in [0.05, 0.1) is 26.4 Å². The quantitative estimate of drug-likeness (QED) is 0.359. The molecular weight excluding hydrogens is 216 g/mol. The highest BCUT2D eigenvalue weighted by Crippen LogP contribution is 1.95. The minimum absolute atomic E-state index is 0.143. The van der Waals surface area contributed by atoms with Gasteiger partial charge in [0.15, 0.2) is 0 Å². The van der Waals surface area contributed by atoms with Crippen molar-refractivity contribution in [1.82, 2.24) is 0 Å². The zero-order valence-corrected chi connectivity index (χ0v) is 10.3. The Morgan fingerprint density at radius 3 is 2.19 bits per heavy atom. The van der Waals surface area contributed by atoms with Gasteiger partial charge in [-0.25, -0.2) is 0 Å². The average molecular weight is 238 g/mol. The van der Waals surface area contributed by atoms with Crippen LogP contribution in [0, 0.1) is 0 Å². The fourth-order valence-corrected chi connectivity index (χ4v) is 0.934. The molecule has 0 aromatic heterocycles. The molecule has 1 atom stereocenters. The van der Waals surface area contributed by atoms with Gasteiger partial charge in [0.2, 0.25) is 0 Å². The maximum absolute atomic E-state index is 5.31. The summed E-state index contributed by atoms with van der Waals surface area (Å²) in [5.41, 5.74) is 0. The van der Waals surface area contributed by atoms with Crippen LogP contribution in [-0.4, -0.2) is 67.4 Å². The Balaban J connectivity index is 3.36. The van der Waals surface area contributed by atoms with Gasteiger partial charge >= 0.3 is 0 Å². The van der Waals surface area contributed by atoms with Crippen LogP contribution in [0.15, 0.2) is 0 Å². The van der Waals surface area contributed by atoms with E-state index in [1.54, 1.807) is 21.3 Å². The van der Waals surface area contributed by atoms with Crippen LogP contribution in [-0.2, 0) is 28.4 Å². The van der Waals surface area contributed by atoms with E-state index in [-0.39, 0.29) is 19.7 Å². The molecule has 0 spiro atoms. The second-order valence-electron chi connectivity index (χ2n) is 3.04. The van der Waals surface area contributed by atoms with Crippen LogP contribution in [0.3, 0.4) is 0 Å². The summed E-state index contributed by atoms with van der Waals surface area (Å²) in [5.74, 6) is 0. The molecule has 0 aliphatic carbocycles. The highest BCUT2D eigenvalue weighted by molar-refractivity contribution is 4.52. The predicted molar refractivity (Wildman–Crippen MR) is 57.3 cm³/mol. The first-order valence-electron chi connectivity index (χ1n) is 5.09. The van der Waals surface area contributed by atoms with Crippen molar-refractivity contribution in [2.75, 3.05) is 61.3 Å². The van der Waals surface area contributed by atoms with E-state index in [2.05, 4.69) is 0 Å². The van der Waals surface area contributed by atoms with Crippen molar-refractivity contribution in [1.29, 1.82) is 0 Å². The molecule has 0 saturated heterocycles. The summed E-state index contributed by atoms with van der Waals surface area (Å²) >= 11 is 0. The van der Waals surface area contributed by atoms with E-state index >= 15 is 0 Å². The lowest BCUT2D eigenvalue weighted by Crippen LogP contribution is -2.26. The summed E-state index contributed by atoms with van der Waals surface area (Å²) in [6.07, 6.45) is -0.143. The number of rotatable bonds is 12. The Morgan fingerprint density at radius 1 is 0.750 bits per heavy atom. The fraction of sp³-hybridized carbons (Fsp3) is 1.00. The van der Waals surface area contributed by atoms with Crippen molar-refractivity contribution in [3.8, 4) is 0 Å². The lowest BCUT2D eigenvalue weighted by Gasteiger charge is -2.16. The first kappa shape index (κ1) is 15.8. The second-order valence-corrected chi connectivity index (χ2v) is 3.04. The molecule has 0 N–H and O–H groups in total. The zero-order chi connectivity index (χ0) is 12.1. The van der Waals surface area contributed by atoms with Crippen LogP contribution < -0.4 is 0 Å². The van der Waals surface area contributed by atoms with Gasteiger partial charge in [-0.1, -0.05) is 0 Å². The van der Waals surface area contributed by atoms with Gasteiger partial charge in [0.25, 0.3) is 0 Å². The number of methoxy groups -OCH3 is 3. The van der Waals surface area contributed by atoms with Crippen molar-refractivity contribution in [2.45, 2.75) is 6.10 Å². The van der Waals surface area contributed by atoms with Gasteiger partial charge < -0.3 is 28.4 Å². The van der Waals surface area contributed by atoms with Crippen LogP contribution in [0.4, 0.5) is 0 Å². The molecule has 0 aromatic carbocycles. The first-order valence-corrected chi connectivity index (χ1v) is 5.09.